The fourth-order valence-corrected chi connectivity index (χ4v) is 5.78. The van der Waals surface area contributed by atoms with Crippen LogP contribution in [0.1, 0.15) is 157 Å². The Bertz CT molecular complexity index is 804. The molecule has 0 aromatic carbocycles. The Morgan fingerprint density at radius 2 is 1.30 bits per heavy atom. The summed E-state index contributed by atoms with van der Waals surface area (Å²) >= 11 is 0. The molecular weight excluding hydrogens is 562 g/mol. The molecule has 1 saturated heterocycles. The Hall–Kier alpha value is -2.16. The molecule has 0 saturated carbocycles. The highest BCUT2D eigenvalue weighted by Crippen LogP contribution is 2.23. The maximum absolute atomic E-state index is 13.0. The predicted octanol–water partition coefficient (Wildman–Crippen LogP) is 7.46. The van der Waals surface area contributed by atoms with Gasteiger partial charge in [-0.3, -0.25) is 19.2 Å². The van der Waals surface area contributed by atoms with Crippen LogP contribution in [0.15, 0.2) is 0 Å². The lowest BCUT2D eigenvalue weighted by molar-refractivity contribution is -0.186. The number of carbonyl (C=O) groups is 4. The Kier molecular flexibility index (Phi) is 22.7. The minimum absolute atomic E-state index is 0.00113. The van der Waals surface area contributed by atoms with Crippen molar-refractivity contribution >= 4 is 23.9 Å². The maximum Gasteiger partial charge on any atom is 0.306 e. The van der Waals surface area contributed by atoms with E-state index in [2.05, 4.69) is 11.8 Å². The number of rotatable bonds is 25. The monoisotopic (exact) mass is 625 g/mol. The Labute approximate surface area is 267 Å². The number of ether oxygens (including phenoxy) is 4. The second-order valence-corrected chi connectivity index (χ2v) is 12.3. The second-order valence-electron chi connectivity index (χ2n) is 12.3. The second kappa shape index (κ2) is 25.1. The van der Waals surface area contributed by atoms with E-state index < -0.39 is 30.3 Å². The van der Waals surface area contributed by atoms with Crippen molar-refractivity contribution < 1.29 is 38.1 Å². The van der Waals surface area contributed by atoms with Gasteiger partial charge in [0.1, 0.15) is 12.2 Å². The summed E-state index contributed by atoms with van der Waals surface area (Å²) in [4.78, 5) is 52.4. The quantitative estimate of drug-likeness (QED) is 0.0580. The largest absolute Gasteiger partial charge is 0.466 e. The summed E-state index contributed by atoms with van der Waals surface area (Å²) in [6, 6.07) is 0.595. The molecule has 0 aliphatic carbocycles. The third kappa shape index (κ3) is 18.0. The summed E-state index contributed by atoms with van der Waals surface area (Å²) in [7, 11) is 0. The molecule has 256 valence electrons. The van der Waals surface area contributed by atoms with Crippen LogP contribution < -0.4 is 0 Å². The van der Waals surface area contributed by atoms with Gasteiger partial charge in [0.15, 0.2) is 6.10 Å². The van der Waals surface area contributed by atoms with Gasteiger partial charge in [-0.15, -0.1) is 0 Å². The lowest BCUT2D eigenvalue weighted by atomic mass is 9.96. The van der Waals surface area contributed by atoms with Gasteiger partial charge in [0.05, 0.1) is 6.61 Å². The Balaban J connectivity index is 2.76. The third-order valence-corrected chi connectivity index (χ3v) is 8.19. The van der Waals surface area contributed by atoms with Gasteiger partial charge in [-0.2, -0.15) is 0 Å². The van der Waals surface area contributed by atoms with Crippen LogP contribution in [0.4, 0.5) is 0 Å². The highest BCUT2D eigenvalue weighted by molar-refractivity contribution is 5.71. The summed E-state index contributed by atoms with van der Waals surface area (Å²) in [6.45, 7) is 11.5. The van der Waals surface area contributed by atoms with E-state index in [1.54, 1.807) is 6.92 Å². The zero-order valence-corrected chi connectivity index (χ0v) is 28.6. The molecule has 0 amide bonds. The van der Waals surface area contributed by atoms with Gasteiger partial charge in [-0.25, -0.2) is 0 Å². The molecule has 0 radical (unpaired) electrons. The average molecular weight is 626 g/mol. The highest BCUT2D eigenvalue weighted by Gasteiger charge is 2.36. The fraction of sp³-hybridized carbons (Fsp3) is 0.886. The predicted molar refractivity (Wildman–Crippen MR) is 172 cm³/mol. The van der Waals surface area contributed by atoms with Crippen LogP contribution >= 0.6 is 0 Å². The van der Waals surface area contributed by atoms with Crippen LogP contribution in [-0.2, 0) is 38.1 Å². The van der Waals surface area contributed by atoms with Crippen LogP contribution in [0.25, 0.3) is 0 Å². The first-order valence-corrected chi connectivity index (χ1v) is 17.7. The van der Waals surface area contributed by atoms with Gasteiger partial charge in [0.25, 0.3) is 0 Å². The van der Waals surface area contributed by atoms with E-state index in [0.717, 1.165) is 13.1 Å². The summed E-state index contributed by atoms with van der Waals surface area (Å²) in [5.74, 6) is -1.61. The van der Waals surface area contributed by atoms with E-state index in [4.69, 9.17) is 18.9 Å². The van der Waals surface area contributed by atoms with Crippen molar-refractivity contribution in [2.45, 2.75) is 181 Å². The van der Waals surface area contributed by atoms with Crippen molar-refractivity contribution in [3.8, 4) is 0 Å². The van der Waals surface area contributed by atoms with Crippen molar-refractivity contribution in [1.82, 2.24) is 4.90 Å². The molecule has 1 rings (SSSR count). The minimum atomic E-state index is -1.01. The van der Waals surface area contributed by atoms with E-state index >= 15 is 0 Å². The first-order chi connectivity index (χ1) is 21.2. The summed E-state index contributed by atoms with van der Waals surface area (Å²) in [6.07, 6.45) is 13.6. The average Bonchev–Trinajstić information content (AvgIpc) is 2.98. The number of likely N-dealkylation sites (tertiary alicyclic amines) is 1. The number of unbranched alkanes of at least 4 members (excludes halogenated alkanes) is 5. The van der Waals surface area contributed by atoms with Crippen LogP contribution in [0.5, 0.6) is 0 Å². The summed E-state index contributed by atoms with van der Waals surface area (Å²) in [5, 5.41) is 0. The fourth-order valence-electron chi connectivity index (χ4n) is 5.78. The lowest BCUT2D eigenvalue weighted by Crippen LogP contribution is -2.45. The highest BCUT2D eigenvalue weighted by atomic mass is 16.6. The molecule has 44 heavy (non-hydrogen) atoms. The molecule has 0 aromatic heterocycles. The zero-order chi connectivity index (χ0) is 32.6. The molecular formula is C35H63NO8. The van der Waals surface area contributed by atoms with Gasteiger partial charge >= 0.3 is 23.9 Å². The van der Waals surface area contributed by atoms with Crippen LogP contribution in [-0.4, -0.2) is 72.8 Å². The molecule has 1 unspecified atom stereocenters. The molecule has 1 fully saturated rings. The van der Waals surface area contributed by atoms with E-state index in [1.165, 1.54) is 64.2 Å². The zero-order valence-electron chi connectivity index (χ0n) is 28.6. The standard InChI is InChI=1S/C35H63NO8/c1-6-10-11-12-13-14-21-29-22-15-16-25-36(29)26-17-23-34(40)42-28(5)35(44-33(39)20-9-4)30(43-32(38)19-8-3)24-27-41-31(37)18-7-2/h28-30,35H,6-27H2,1-5H3/t28-,29?,30+,35+/m0/s1. The van der Waals surface area contributed by atoms with Crippen molar-refractivity contribution in [3.63, 3.8) is 0 Å². The van der Waals surface area contributed by atoms with Crippen molar-refractivity contribution in [1.29, 1.82) is 0 Å². The number of piperidine rings is 1. The van der Waals surface area contributed by atoms with Crippen molar-refractivity contribution in [2.75, 3.05) is 19.7 Å². The molecule has 1 heterocycles. The summed E-state index contributed by atoms with van der Waals surface area (Å²) < 4.78 is 22.5. The number of hydrogen-bond acceptors (Lipinski definition) is 9. The molecule has 0 bridgehead atoms. The smallest absolute Gasteiger partial charge is 0.306 e. The Morgan fingerprint density at radius 1 is 0.682 bits per heavy atom. The molecule has 9 heteroatoms. The number of nitrogens with zero attached hydrogens (tertiary/aromatic N) is 1. The van der Waals surface area contributed by atoms with E-state index in [-0.39, 0.29) is 44.2 Å². The van der Waals surface area contributed by atoms with E-state index in [1.807, 2.05) is 20.8 Å². The molecule has 0 spiro atoms. The van der Waals surface area contributed by atoms with Crippen LogP contribution in [0.3, 0.4) is 0 Å². The molecule has 0 N–H and O–H groups in total. The molecule has 9 nitrogen and oxygen atoms in total. The van der Waals surface area contributed by atoms with Crippen molar-refractivity contribution in [2.24, 2.45) is 0 Å². The minimum Gasteiger partial charge on any atom is -0.466 e. The normalized spacial score (nSPS) is 17.3. The topological polar surface area (TPSA) is 108 Å². The molecule has 1 aliphatic rings. The molecule has 4 atom stereocenters. The number of hydrogen-bond donors (Lipinski definition) is 0. The number of carbonyl (C=O) groups excluding carboxylic acids is 4. The van der Waals surface area contributed by atoms with Gasteiger partial charge in [0, 0.05) is 38.1 Å². The van der Waals surface area contributed by atoms with Gasteiger partial charge in [-0.1, -0.05) is 72.6 Å². The Morgan fingerprint density at radius 3 is 1.98 bits per heavy atom. The number of esters is 4. The summed E-state index contributed by atoms with van der Waals surface area (Å²) in [5.41, 5.74) is 0. The molecule has 1 aliphatic heterocycles. The van der Waals surface area contributed by atoms with E-state index in [0.29, 0.717) is 38.1 Å². The van der Waals surface area contributed by atoms with E-state index in [9.17, 15) is 19.2 Å². The lowest BCUT2D eigenvalue weighted by Gasteiger charge is -2.36. The van der Waals surface area contributed by atoms with Crippen molar-refractivity contribution in [3.05, 3.63) is 0 Å². The first kappa shape index (κ1) is 39.9. The third-order valence-electron chi connectivity index (χ3n) is 8.19. The van der Waals surface area contributed by atoms with Gasteiger partial charge < -0.3 is 23.8 Å². The first-order valence-electron chi connectivity index (χ1n) is 17.7. The van der Waals surface area contributed by atoms with Crippen LogP contribution in [0.2, 0.25) is 0 Å². The van der Waals surface area contributed by atoms with Gasteiger partial charge in [0.2, 0.25) is 0 Å². The van der Waals surface area contributed by atoms with Gasteiger partial charge in [-0.05, 0) is 65.0 Å². The SMILES string of the molecule is CCCCCCCCC1CCCCN1CCCC(=O)O[C@@H](C)[C@@H](OC(=O)CCC)[C@@H](CCOC(=O)CCC)OC(=O)CCC. The maximum atomic E-state index is 13.0. The molecule has 0 aromatic rings. The van der Waals surface area contributed by atoms with Crippen LogP contribution in [0, 0.1) is 0 Å².